The van der Waals surface area contributed by atoms with Crippen molar-refractivity contribution in [3.05, 3.63) is 0 Å². The summed E-state index contributed by atoms with van der Waals surface area (Å²) in [6.45, 7) is 4.05. The highest BCUT2D eigenvalue weighted by atomic mass is 32.2. The maximum atomic E-state index is 11.2. The van der Waals surface area contributed by atoms with E-state index < -0.39 is 0 Å². The third kappa shape index (κ3) is 3.50. The summed E-state index contributed by atoms with van der Waals surface area (Å²) < 4.78 is 0. The summed E-state index contributed by atoms with van der Waals surface area (Å²) in [4.78, 5) is 11.2. The molecule has 1 fully saturated rings. The number of rotatable bonds is 4. The van der Waals surface area contributed by atoms with Crippen molar-refractivity contribution in [2.24, 2.45) is 11.7 Å². The van der Waals surface area contributed by atoms with Crippen LogP contribution in [0.1, 0.15) is 26.7 Å². The van der Waals surface area contributed by atoms with Gasteiger partial charge in [-0.05, 0) is 24.5 Å². The molecule has 1 rings (SSSR count). The fourth-order valence-electron chi connectivity index (χ4n) is 1.73. The normalized spacial score (nSPS) is 24.9. The van der Waals surface area contributed by atoms with Crippen molar-refractivity contribution >= 4 is 17.7 Å². The molecular formula is C10H20N2OS. The highest BCUT2D eigenvalue weighted by molar-refractivity contribution is 7.99. The van der Waals surface area contributed by atoms with Crippen LogP contribution in [0.25, 0.3) is 0 Å². The van der Waals surface area contributed by atoms with E-state index in [2.05, 4.69) is 5.32 Å². The molecular weight excluding hydrogens is 196 g/mol. The monoisotopic (exact) mass is 216 g/mol. The van der Waals surface area contributed by atoms with Crippen LogP contribution in [0.5, 0.6) is 0 Å². The average Bonchev–Trinajstić information content (AvgIpc) is 2.15. The van der Waals surface area contributed by atoms with Gasteiger partial charge in [0.25, 0.3) is 0 Å². The summed E-state index contributed by atoms with van der Waals surface area (Å²) in [5, 5.41) is 3.36. The quantitative estimate of drug-likeness (QED) is 0.736. The number of amides is 1. The Bertz CT molecular complexity index is 191. The Labute approximate surface area is 90.2 Å². The number of thioether (sulfide) groups is 1. The maximum Gasteiger partial charge on any atom is 0.234 e. The summed E-state index contributed by atoms with van der Waals surface area (Å²) in [6.07, 6.45) is 2.41. The molecule has 3 N–H and O–H groups in total. The summed E-state index contributed by atoms with van der Waals surface area (Å²) in [6, 6.07) is 0.298. The van der Waals surface area contributed by atoms with Gasteiger partial charge in [-0.3, -0.25) is 4.79 Å². The van der Waals surface area contributed by atoms with Gasteiger partial charge in [-0.1, -0.05) is 13.8 Å². The molecule has 1 saturated heterocycles. The molecule has 0 bridgehead atoms. The number of nitrogens with two attached hydrogens (primary N) is 1. The van der Waals surface area contributed by atoms with Crippen LogP contribution in [0.2, 0.25) is 0 Å². The Balaban J connectivity index is 2.41. The molecule has 0 aromatic heterocycles. The second-order valence-corrected chi connectivity index (χ2v) is 5.35. The zero-order valence-corrected chi connectivity index (χ0v) is 9.77. The van der Waals surface area contributed by atoms with E-state index in [1.54, 1.807) is 0 Å². The van der Waals surface area contributed by atoms with Crippen molar-refractivity contribution in [1.29, 1.82) is 0 Å². The minimum Gasteiger partial charge on any atom is -0.368 e. The van der Waals surface area contributed by atoms with Gasteiger partial charge in [-0.2, -0.15) is 11.8 Å². The number of carbonyl (C=O) groups is 1. The van der Waals surface area contributed by atoms with Crippen molar-refractivity contribution in [3.63, 3.8) is 0 Å². The van der Waals surface area contributed by atoms with Crippen LogP contribution in [0.15, 0.2) is 0 Å². The Morgan fingerprint density at radius 2 is 2.29 bits per heavy atom. The first-order valence-electron chi connectivity index (χ1n) is 5.24. The van der Waals surface area contributed by atoms with Gasteiger partial charge >= 0.3 is 0 Å². The van der Waals surface area contributed by atoms with E-state index in [1.165, 1.54) is 18.6 Å². The van der Waals surface area contributed by atoms with Crippen molar-refractivity contribution in [2.45, 2.75) is 38.8 Å². The van der Waals surface area contributed by atoms with Crippen LogP contribution in [-0.2, 0) is 4.79 Å². The first-order valence-corrected chi connectivity index (χ1v) is 6.40. The zero-order chi connectivity index (χ0) is 10.6. The van der Waals surface area contributed by atoms with Crippen LogP contribution in [0.4, 0.5) is 0 Å². The third-order valence-corrected chi connectivity index (χ3v) is 3.76. The van der Waals surface area contributed by atoms with E-state index in [1.807, 2.05) is 25.6 Å². The van der Waals surface area contributed by atoms with Gasteiger partial charge in [-0.25, -0.2) is 0 Å². The summed E-state index contributed by atoms with van der Waals surface area (Å²) in [7, 11) is 0. The number of carbonyl (C=O) groups excluding carboxylic acids is 1. The minimum atomic E-state index is -0.226. The number of hydrogen-bond acceptors (Lipinski definition) is 3. The lowest BCUT2D eigenvalue weighted by atomic mass is 10.0. The van der Waals surface area contributed by atoms with Gasteiger partial charge in [0.05, 0.1) is 6.04 Å². The average molecular weight is 216 g/mol. The molecule has 0 aromatic carbocycles. The molecule has 1 aliphatic heterocycles. The smallest absolute Gasteiger partial charge is 0.234 e. The van der Waals surface area contributed by atoms with Crippen LogP contribution < -0.4 is 11.1 Å². The van der Waals surface area contributed by atoms with Gasteiger partial charge in [0.2, 0.25) is 5.91 Å². The predicted octanol–water partition coefficient (Wildman–Crippen LogP) is 0.981. The van der Waals surface area contributed by atoms with Gasteiger partial charge < -0.3 is 11.1 Å². The van der Waals surface area contributed by atoms with E-state index in [0.717, 1.165) is 5.75 Å². The fraction of sp³-hybridized carbons (Fsp3) is 0.900. The minimum absolute atomic E-state index is 0.168. The molecule has 0 radical (unpaired) electrons. The van der Waals surface area contributed by atoms with Gasteiger partial charge in [0, 0.05) is 11.8 Å². The van der Waals surface area contributed by atoms with E-state index in [9.17, 15) is 4.79 Å². The summed E-state index contributed by atoms with van der Waals surface area (Å²) in [5.41, 5.74) is 5.35. The lowest BCUT2D eigenvalue weighted by molar-refractivity contribution is -0.121. The van der Waals surface area contributed by atoms with Crippen LogP contribution in [0, 0.1) is 5.92 Å². The molecule has 1 amide bonds. The van der Waals surface area contributed by atoms with Crippen LogP contribution in [0.3, 0.4) is 0 Å². The molecule has 1 aliphatic rings. The molecule has 4 heteroatoms. The van der Waals surface area contributed by atoms with Gasteiger partial charge in [0.15, 0.2) is 0 Å². The van der Waals surface area contributed by atoms with E-state index in [4.69, 9.17) is 5.73 Å². The number of primary amides is 1. The molecule has 1 heterocycles. The Morgan fingerprint density at radius 3 is 2.71 bits per heavy atom. The molecule has 3 nitrogen and oxygen atoms in total. The van der Waals surface area contributed by atoms with Crippen molar-refractivity contribution in [3.8, 4) is 0 Å². The lowest BCUT2D eigenvalue weighted by Crippen LogP contribution is -2.50. The molecule has 0 saturated carbocycles. The molecule has 2 unspecified atom stereocenters. The van der Waals surface area contributed by atoms with Gasteiger partial charge in [-0.15, -0.1) is 0 Å². The first-order chi connectivity index (χ1) is 6.61. The summed E-state index contributed by atoms with van der Waals surface area (Å²) >= 11 is 1.95. The first kappa shape index (κ1) is 11.9. The van der Waals surface area contributed by atoms with Crippen molar-refractivity contribution < 1.29 is 4.79 Å². The molecule has 0 aliphatic carbocycles. The molecule has 82 valence electrons. The topological polar surface area (TPSA) is 55.1 Å². The zero-order valence-electron chi connectivity index (χ0n) is 8.95. The third-order valence-electron chi connectivity index (χ3n) is 2.55. The second kappa shape index (κ2) is 5.61. The van der Waals surface area contributed by atoms with Crippen LogP contribution >= 0.6 is 11.8 Å². The number of nitrogens with one attached hydrogen (secondary N) is 1. The second-order valence-electron chi connectivity index (χ2n) is 4.20. The predicted molar refractivity (Wildman–Crippen MR) is 61.3 cm³/mol. The Morgan fingerprint density at radius 1 is 1.57 bits per heavy atom. The van der Waals surface area contributed by atoms with E-state index in [-0.39, 0.29) is 17.9 Å². The SMILES string of the molecule is CC(C)C(NC1CCCSC1)C(N)=O. The lowest BCUT2D eigenvalue weighted by Gasteiger charge is -2.28. The number of hydrogen-bond donors (Lipinski definition) is 2. The highest BCUT2D eigenvalue weighted by Gasteiger charge is 2.23. The summed E-state index contributed by atoms with van der Waals surface area (Å²) in [5.74, 6) is 2.41. The van der Waals surface area contributed by atoms with E-state index >= 15 is 0 Å². The van der Waals surface area contributed by atoms with Crippen molar-refractivity contribution in [1.82, 2.24) is 5.32 Å². The Kier molecular flexibility index (Phi) is 4.75. The standard InChI is InChI=1S/C10H20N2OS/c1-7(2)9(10(11)13)12-8-4-3-5-14-6-8/h7-9,12H,3-6H2,1-2H3,(H2,11,13). The van der Waals surface area contributed by atoms with Crippen LogP contribution in [-0.4, -0.2) is 29.5 Å². The van der Waals surface area contributed by atoms with E-state index in [0.29, 0.717) is 6.04 Å². The molecule has 0 aromatic rings. The largest absolute Gasteiger partial charge is 0.368 e. The molecule has 14 heavy (non-hydrogen) atoms. The molecule has 0 spiro atoms. The Hall–Kier alpha value is -0.220. The highest BCUT2D eigenvalue weighted by Crippen LogP contribution is 2.18. The maximum absolute atomic E-state index is 11.2. The van der Waals surface area contributed by atoms with Crippen molar-refractivity contribution in [2.75, 3.05) is 11.5 Å². The molecule has 2 atom stereocenters. The van der Waals surface area contributed by atoms with Gasteiger partial charge in [0.1, 0.15) is 0 Å². The fourth-order valence-corrected chi connectivity index (χ4v) is 2.81.